The van der Waals surface area contributed by atoms with Gasteiger partial charge in [-0.2, -0.15) is 0 Å². The molecule has 0 bridgehead atoms. The minimum absolute atomic E-state index is 0.0754. The number of carbonyl (C=O) groups excluding carboxylic acids is 1. The van der Waals surface area contributed by atoms with Crippen molar-refractivity contribution in [2.45, 2.75) is 45.3 Å². The quantitative estimate of drug-likeness (QED) is 0.756. The summed E-state index contributed by atoms with van der Waals surface area (Å²) in [5.74, 6) is -1.92. The zero-order valence-corrected chi connectivity index (χ0v) is 12.5. The van der Waals surface area contributed by atoms with Gasteiger partial charge < -0.3 is 15.7 Å². The number of hydrogen-bond donors (Lipinski definition) is 3. The molecule has 0 aliphatic carbocycles. The predicted octanol–water partition coefficient (Wildman–Crippen LogP) is 2.88. The van der Waals surface area contributed by atoms with Gasteiger partial charge in [0.25, 0.3) is 0 Å². The van der Waals surface area contributed by atoms with Crippen molar-refractivity contribution in [3.05, 3.63) is 35.4 Å². The maximum atomic E-state index is 13.6. The summed E-state index contributed by atoms with van der Waals surface area (Å²) < 4.78 is 26.7. The molecule has 0 saturated carbocycles. The van der Waals surface area contributed by atoms with Crippen LogP contribution >= 0.6 is 0 Å². The second-order valence-electron chi connectivity index (χ2n) is 5.12. The Morgan fingerprint density at radius 2 is 1.95 bits per heavy atom. The molecule has 0 spiro atoms. The molecule has 2 amide bonds. The fraction of sp³-hybridized carbons (Fsp3) is 0.533. The van der Waals surface area contributed by atoms with Crippen molar-refractivity contribution < 1.29 is 18.7 Å². The van der Waals surface area contributed by atoms with Crippen molar-refractivity contribution in [2.24, 2.45) is 0 Å². The molecule has 0 radical (unpaired) electrons. The van der Waals surface area contributed by atoms with Crippen LogP contribution in [0.1, 0.15) is 45.2 Å². The molecule has 118 valence electrons. The molecular formula is C15H22F2N2O2. The molecule has 0 fully saturated rings. The molecule has 0 heterocycles. The lowest BCUT2D eigenvalue weighted by Gasteiger charge is -2.26. The van der Waals surface area contributed by atoms with Gasteiger partial charge in [0.1, 0.15) is 0 Å². The molecule has 0 saturated heterocycles. The summed E-state index contributed by atoms with van der Waals surface area (Å²) in [5.41, 5.74) is -0.878. The normalized spacial score (nSPS) is 12.9. The van der Waals surface area contributed by atoms with Gasteiger partial charge in [0.15, 0.2) is 11.6 Å². The summed E-state index contributed by atoms with van der Waals surface area (Å²) in [5, 5.41) is 15.1. The Labute approximate surface area is 123 Å². The van der Waals surface area contributed by atoms with Crippen molar-refractivity contribution in [1.29, 1.82) is 0 Å². The molecule has 1 rings (SSSR count). The number of urea groups is 1. The maximum Gasteiger partial charge on any atom is 0.315 e. The standard InChI is InChI=1S/C15H22F2N2O2/c1-4-15(21,5-2)9-18-14(20)19-10(3)11-7-6-8-12(16)13(11)17/h6-8,10,21H,4-5,9H2,1-3H3,(H2,18,19,20). The van der Waals surface area contributed by atoms with Crippen LogP contribution in [0.5, 0.6) is 0 Å². The predicted molar refractivity (Wildman–Crippen MR) is 76.8 cm³/mol. The van der Waals surface area contributed by atoms with Gasteiger partial charge in [-0.15, -0.1) is 0 Å². The minimum atomic E-state index is -0.969. The molecule has 0 aromatic heterocycles. The van der Waals surface area contributed by atoms with E-state index in [-0.39, 0.29) is 12.1 Å². The smallest absolute Gasteiger partial charge is 0.315 e. The first-order chi connectivity index (χ1) is 9.83. The number of nitrogens with one attached hydrogen (secondary N) is 2. The third kappa shape index (κ3) is 4.67. The van der Waals surface area contributed by atoms with Crippen LogP contribution in [0.4, 0.5) is 13.6 Å². The topological polar surface area (TPSA) is 61.4 Å². The van der Waals surface area contributed by atoms with Crippen LogP contribution in [0.25, 0.3) is 0 Å². The number of carbonyl (C=O) groups is 1. The van der Waals surface area contributed by atoms with Crippen LogP contribution < -0.4 is 10.6 Å². The van der Waals surface area contributed by atoms with Gasteiger partial charge in [-0.1, -0.05) is 26.0 Å². The van der Waals surface area contributed by atoms with Crippen molar-refractivity contribution in [3.63, 3.8) is 0 Å². The summed E-state index contributed by atoms with van der Waals surface area (Å²) in [4.78, 5) is 11.8. The van der Waals surface area contributed by atoms with Crippen molar-refractivity contribution in [2.75, 3.05) is 6.54 Å². The van der Waals surface area contributed by atoms with E-state index in [9.17, 15) is 18.7 Å². The lowest BCUT2D eigenvalue weighted by molar-refractivity contribution is 0.0349. The Morgan fingerprint density at radius 3 is 2.52 bits per heavy atom. The lowest BCUT2D eigenvalue weighted by Crippen LogP contribution is -2.46. The largest absolute Gasteiger partial charge is 0.388 e. The zero-order chi connectivity index (χ0) is 16.0. The molecule has 6 heteroatoms. The van der Waals surface area contributed by atoms with E-state index in [2.05, 4.69) is 10.6 Å². The van der Waals surface area contributed by atoms with E-state index in [0.717, 1.165) is 6.07 Å². The van der Waals surface area contributed by atoms with E-state index >= 15 is 0 Å². The van der Waals surface area contributed by atoms with Crippen molar-refractivity contribution >= 4 is 6.03 Å². The highest BCUT2D eigenvalue weighted by Crippen LogP contribution is 2.19. The first kappa shape index (κ1) is 17.4. The average molecular weight is 300 g/mol. The average Bonchev–Trinajstić information content (AvgIpc) is 2.47. The summed E-state index contributed by atoms with van der Waals surface area (Å²) in [7, 11) is 0. The summed E-state index contributed by atoms with van der Waals surface area (Å²) in [6.45, 7) is 5.31. The van der Waals surface area contributed by atoms with E-state index in [0.29, 0.717) is 12.8 Å². The van der Waals surface area contributed by atoms with Gasteiger partial charge in [-0.3, -0.25) is 0 Å². The van der Waals surface area contributed by atoms with Crippen LogP contribution in [-0.4, -0.2) is 23.3 Å². The summed E-state index contributed by atoms with van der Waals surface area (Å²) in [6.07, 6.45) is 1.02. The van der Waals surface area contributed by atoms with Crippen LogP contribution in [0.2, 0.25) is 0 Å². The Hall–Kier alpha value is -1.69. The highest BCUT2D eigenvalue weighted by Gasteiger charge is 2.23. The van der Waals surface area contributed by atoms with E-state index in [4.69, 9.17) is 0 Å². The van der Waals surface area contributed by atoms with E-state index in [1.54, 1.807) is 6.92 Å². The molecule has 0 aliphatic rings. The molecular weight excluding hydrogens is 278 g/mol. The molecule has 4 nitrogen and oxygen atoms in total. The molecule has 1 aromatic carbocycles. The summed E-state index contributed by atoms with van der Waals surface area (Å²) in [6, 6.07) is 2.60. The molecule has 1 unspecified atom stereocenters. The number of amides is 2. The third-order valence-electron chi connectivity index (χ3n) is 3.69. The lowest BCUT2D eigenvalue weighted by atomic mass is 9.98. The Balaban J connectivity index is 2.61. The third-order valence-corrected chi connectivity index (χ3v) is 3.69. The first-order valence-electron chi connectivity index (χ1n) is 7.03. The molecule has 0 aliphatic heterocycles. The van der Waals surface area contributed by atoms with Crippen LogP contribution in [0.15, 0.2) is 18.2 Å². The first-order valence-corrected chi connectivity index (χ1v) is 7.03. The van der Waals surface area contributed by atoms with Gasteiger partial charge in [0.05, 0.1) is 11.6 Å². The molecule has 1 atom stereocenters. The van der Waals surface area contributed by atoms with E-state index in [1.165, 1.54) is 12.1 Å². The number of rotatable bonds is 6. The molecule has 1 aromatic rings. The van der Waals surface area contributed by atoms with Crippen LogP contribution in [0, 0.1) is 11.6 Å². The maximum absolute atomic E-state index is 13.6. The Kier molecular flexibility index (Phi) is 6.08. The van der Waals surface area contributed by atoms with E-state index in [1.807, 2.05) is 13.8 Å². The zero-order valence-electron chi connectivity index (χ0n) is 12.5. The Bertz CT molecular complexity index is 491. The van der Waals surface area contributed by atoms with Crippen LogP contribution in [0.3, 0.4) is 0 Å². The van der Waals surface area contributed by atoms with E-state index < -0.39 is 29.3 Å². The van der Waals surface area contributed by atoms with Gasteiger partial charge in [-0.05, 0) is 25.8 Å². The number of hydrogen-bond acceptors (Lipinski definition) is 2. The monoisotopic (exact) mass is 300 g/mol. The van der Waals surface area contributed by atoms with Gasteiger partial charge >= 0.3 is 6.03 Å². The second kappa shape index (κ2) is 7.36. The highest BCUT2D eigenvalue weighted by molar-refractivity contribution is 5.74. The summed E-state index contributed by atoms with van der Waals surface area (Å²) >= 11 is 0. The molecule has 21 heavy (non-hydrogen) atoms. The van der Waals surface area contributed by atoms with Gasteiger partial charge in [0.2, 0.25) is 0 Å². The fourth-order valence-electron chi connectivity index (χ4n) is 1.93. The molecule has 3 N–H and O–H groups in total. The second-order valence-corrected chi connectivity index (χ2v) is 5.12. The fourth-order valence-corrected chi connectivity index (χ4v) is 1.93. The SMILES string of the molecule is CCC(O)(CC)CNC(=O)NC(C)c1cccc(F)c1F. The van der Waals surface area contributed by atoms with Gasteiger partial charge in [-0.25, -0.2) is 13.6 Å². The Morgan fingerprint density at radius 1 is 1.33 bits per heavy atom. The minimum Gasteiger partial charge on any atom is -0.388 e. The van der Waals surface area contributed by atoms with Crippen molar-refractivity contribution in [1.82, 2.24) is 10.6 Å². The van der Waals surface area contributed by atoms with Crippen LogP contribution in [-0.2, 0) is 0 Å². The number of benzene rings is 1. The number of halogens is 2. The van der Waals surface area contributed by atoms with Gasteiger partial charge in [0, 0.05) is 12.1 Å². The van der Waals surface area contributed by atoms with Crippen molar-refractivity contribution in [3.8, 4) is 0 Å². The number of aliphatic hydroxyl groups is 1. The highest BCUT2D eigenvalue weighted by atomic mass is 19.2.